The fourth-order valence-corrected chi connectivity index (χ4v) is 3.79. The molecule has 3 heteroatoms. The summed E-state index contributed by atoms with van der Waals surface area (Å²) in [6.07, 6.45) is 9.17. The van der Waals surface area contributed by atoms with Gasteiger partial charge in [-0.3, -0.25) is 0 Å². The first-order valence-electron chi connectivity index (χ1n) is 9.45. The van der Waals surface area contributed by atoms with E-state index < -0.39 is 0 Å². The Hall–Kier alpha value is -2.55. The zero-order valence-electron chi connectivity index (χ0n) is 15.2. The van der Waals surface area contributed by atoms with Gasteiger partial charge in [-0.2, -0.15) is 0 Å². The quantitative estimate of drug-likeness (QED) is 0.524. The lowest BCUT2D eigenvalue weighted by molar-refractivity contribution is 0.308. The molecule has 1 aromatic heterocycles. The van der Waals surface area contributed by atoms with Crippen LogP contribution in [0.25, 0.3) is 16.5 Å². The van der Waals surface area contributed by atoms with Gasteiger partial charge >= 0.3 is 0 Å². The Labute approximate surface area is 153 Å². The lowest BCUT2D eigenvalue weighted by Crippen LogP contribution is -1.98. The van der Waals surface area contributed by atoms with Crippen molar-refractivity contribution < 1.29 is 9.13 Å². The number of allylic oxidation sites excluding steroid dienone is 2. The number of ether oxygens (including phenoxy) is 1. The number of aromatic nitrogens is 1. The van der Waals surface area contributed by atoms with Crippen LogP contribution in [0.5, 0.6) is 5.75 Å². The number of rotatable bonds is 5. The molecule has 0 atom stereocenters. The zero-order chi connectivity index (χ0) is 17.9. The minimum absolute atomic E-state index is 0.252. The molecule has 2 nitrogen and oxygen atoms in total. The molecule has 1 aliphatic carbocycles. The van der Waals surface area contributed by atoms with Gasteiger partial charge in [-0.05, 0) is 49.8 Å². The highest BCUT2D eigenvalue weighted by atomic mass is 19.1. The molecule has 0 bridgehead atoms. The van der Waals surface area contributed by atoms with E-state index in [1.807, 2.05) is 30.3 Å². The third-order valence-electron chi connectivity index (χ3n) is 5.12. The van der Waals surface area contributed by atoms with E-state index in [9.17, 15) is 4.39 Å². The smallest absolute Gasteiger partial charge is 0.132 e. The Morgan fingerprint density at radius 1 is 1.12 bits per heavy atom. The van der Waals surface area contributed by atoms with Crippen LogP contribution in [0.4, 0.5) is 4.39 Å². The predicted molar refractivity (Wildman–Crippen MR) is 105 cm³/mol. The van der Waals surface area contributed by atoms with E-state index in [1.165, 1.54) is 30.0 Å². The SMILES string of the molecule is CCn1cc(C2=CCCCC2)c2c(OCc3ccccc3)cc(F)cc21. The van der Waals surface area contributed by atoms with Gasteiger partial charge in [0.05, 0.1) is 5.52 Å². The third-order valence-corrected chi connectivity index (χ3v) is 5.12. The van der Waals surface area contributed by atoms with E-state index in [2.05, 4.69) is 23.8 Å². The molecule has 4 rings (SSSR count). The molecule has 0 spiro atoms. The third kappa shape index (κ3) is 3.26. The van der Waals surface area contributed by atoms with Crippen LogP contribution in [-0.2, 0) is 13.2 Å². The summed E-state index contributed by atoms with van der Waals surface area (Å²) in [7, 11) is 0. The van der Waals surface area contributed by atoms with Gasteiger partial charge in [0.15, 0.2) is 0 Å². The molecule has 0 unspecified atom stereocenters. The van der Waals surface area contributed by atoms with E-state index in [1.54, 1.807) is 6.07 Å². The summed E-state index contributed by atoms with van der Waals surface area (Å²) < 4.78 is 22.5. The molecule has 26 heavy (non-hydrogen) atoms. The first-order chi connectivity index (χ1) is 12.8. The Bertz CT molecular complexity index is 940. The van der Waals surface area contributed by atoms with Gasteiger partial charge in [-0.1, -0.05) is 36.4 Å². The van der Waals surface area contributed by atoms with Crippen molar-refractivity contribution in [1.82, 2.24) is 4.57 Å². The fourth-order valence-electron chi connectivity index (χ4n) is 3.79. The number of fused-ring (bicyclic) bond motifs is 1. The molecular formula is C23H24FNO. The molecule has 0 saturated heterocycles. The standard InChI is InChI=1S/C23H24FNO/c1-2-25-15-20(18-11-7-4-8-12-18)23-21(25)13-19(24)14-22(23)26-16-17-9-5-3-6-10-17/h3,5-6,9-11,13-15H,2,4,7-8,12,16H2,1H3. The lowest BCUT2D eigenvalue weighted by Gasteiger charge is -2.14. The van der Waals surface area contributed by atoms with Crippen molar-refractivity contribution >= 4 is 16.5 Å². The summed E-state index contributed by atoms with van der Waals surface area (Å²) in [6, 6.07) is 13.2. The van der Waals surface area contributed by atoms with Crippen LogP contribution in [-0.4, -0.2) is 4.57 Å². The molecule has 0 amide bonds. The normalized spacial score (nSPS) is 14.5. The van der Waals surface area contributed by atoms with Gasteiger partial charge in [0.2, 0.25) is 0 Å². The second-order valence-electron chi connectivity index (χ2n) is 6.88. The summed E-state index contributed by atoms with van der Waals surface area (Å²) in [5.74, 6) is 0.384. The number of hydrogen-bond acceptors (Lipinski definition) is 1. The molecule has 2 aromatic carbocycles. The monoisotopic (exact) mass is 349 g/mol. The van der Waals surface area contributed by atoms with Crippen molar-refractivity contribution in [2.75, 3.05) is 0 Å². The Morgan fingerprint density at radius 3 is 2.69 bits per heavy atom. The van der Waals surface area contributed by atoms with E-state index in [-0.39, 0.29) is 5.82 Å². The summed E-state index contributed by atoms with van der Waals surface area (Å²) in [6.45, 7) is 3.34. The predicted octanol–water partition coefficient (Wildman–Crippen LogP) is 6.34. The average Bonchev–Trinajstić information content (AvgIpc) is 3.06. The maximum Gasteiger partial charge on any atom is 0.132 e. The van der Waals surface area contributed by atoms with Crippen molar-refractivity contribution in [1.29, 1.82) is 0 Å². The topological polar surface area (TPSA) is 14.2 Å². The van der Waals surface area contributed by atoms with Gasteiger partial charge in [-0.15, -0.1) is 0 Å². The molecule has 0 aliphatic heterocycles. The largest absolute Gasteiger partial charge is 0.488 e. The summed E-state index contributed by atoms with van der Waals surface area (Å²) in [5.41, 5.74) is 4.56. The van der Waals surface area contributed by atoms with Crippen molar-refractivity contribution in [2.45, 2.75) is 45.8 Å². The first-order valence-corrected chi connectivity index (χ1v) is 9.45. The lowest BCUT2D eigenvalue weighted by atomic mass is 9.93. The number of aryl methyl sites for hydroxylation is 1. The minimum Gasteiger partial charge on any atom is -0.488 e. The number of hydrogen-bond donors (Lipinski definition) is 0. The van der Waals surface area contributed by atoms with E-state index in [0.29, 0.717) is 12.4 Å². The maximum absolute atomic E-state index is 14.3. The second-order valence-corrected chi connectivity index (χ2v) is 6.88. The molecule has 0 radical (unpaired) electrons. The van der Waals surface area contributed by atoms with Crippen LogP contribution >= 0.6 is 0 Å². The average molecular weight is 349 g/mol. The summed E-state index contributed by atoms with van der Waals surface area (Å²) in [4.78, 5) is 0. The highest BCUT2D eigenvalue weighted by Crippen LogP contribution is 2.39. The molecule has 3 aromatic rings. The highest BCUT2D eigenvalue weighted by Gasteiger charge is 2.18. The van der Waals surface area contributed by atoms with Crippen molar-refractivity contribution in [2.24, 2.45) is 0 Å². The van der Waals surface area contributed by atoms with Gasteiger partial charge in [0.25, 0.3) is 0 Å². The summed E-state index contributed by atoms with van der Waals surface area (Å²) >= 11 is 0. The minimum atomic E-state index is -0.252. The van der Waals surface area contributed by atoms with Crippen molar-refractivity contribution in [3.8, 4) is 5.75 Å². The van der Waals surface area contributed by atoms with Crippen LogP contribution in [0.2, 0.25) is 0 Å². The highest BCUT2D eigenvalue weighted by molar-refractivity contribution is 5.97. The fraction of sp³-hybridized carbons (Fsp3) is 0.304. The van der Waals surface area contributed by atoms with Crippen LogP contribution < -0.4 is 4.74 Å². The second kappa shape index (κ2) is 7.36. The van der Waals surface area contributed by atoms with E-state index in [4.69, 9.17) is 4.74 Å². The molecule has 1 aliphatic rings. The number of halogens is 1. The number of nitrogens with zero attached hydrogens (tertiary/aromatic N) is 1. The van der Waals surface area contributed by atoms with E-state index >= 15 is 0 Å². The molecule has 0 N–H and O–H groups in total. The van der Waals surface area contributed by atoms with Gasteiger partial charge in [-0.25, -0.2) is 4.39 Å². The Morgan fingerprint density at radius 2 is 1.96 bits per heavy atom. The number of benzene rings is 2. The molecule has 1 heterocycles. The molecule has 134 valence electrons. The zero-order valence-corrected chi connectivity index (χ0v) is 15.2. The van der Waals surface area contributed by atoms with Gasteiger partial charge in [0, 0.05) is 29.8 Å². The Balaban J connectivity index is 1.80. The summed E-state index contributed by atoms with van der Waals surface area (Å²) in [5, 5.41) is 1.04. The molecular weight excluding hydrogens is 325 g/mol. The molecule has 0 fully saturated rings. The van der Waals surface area contributed by atoms with Crippen LogP contribution in [0.1, 0.15) is 43.7 Å². The van der Waals surface area contributed by atoms with E-state index in [0.717, 1.165) is 35.9 Å². The maximum atomic E-state index is 14.3. The van der Waals surface area contributed by atoms with Gasteiger partial charge < -0.3 is 9.30 Å². The van der Waals surface area contributed by atoms with Crippen LogP contribution in [0, 0.1) is 5.82 Å². The molecule has 0 saturated carbocycles. The Kier molecular flexibility index (Phi) is 4.79. The van der Waals surface area contributed by atoms with Crippen LogP contribution in [0.3, 0.4) is 0 Å². The van der Waals surface area contributed by atoms with Crippen molar-refractivity contribution in [3.63, 3.8) is 0 Å². The van der Waals surface area contributed by atoms with Crippen molar-refractivity contribution in [3.05, 3.63) is 71.7 Å². The first kappa shape index (κ1) is 16.9. The van der Waals surface area contributed by atoms with Crippen LogP contribution in [0.15, 0.2) is 54.7 Å². The van der Waals surface area contributed by atoms with Gasteiger partial charge in [0.1, 0.15) is 18.2 Å².